The van der Waals surface area contributed by atoms with Crippen molar-refractivity contribution in [2.75, 3.05) is 0 Å². The molecule has 1 aromatic carbocycles. The van der Waals surface area contributed by atoms with Crippen LogP contribution in [0.1, 0.15) is 12.6 Å². The maximum atomic E-state index is 5.89. The molecule has 0 unspecified atom stereocenters. The van der Waals surface area contributed by atoms with Gasteiger partial charge < -0.3 is 0 Å². The monoisotopic (exact) mass is 203 g/mol. The van der Waals surface area contributed by atoms with E-state index in [2.05, 4.69) is 11.6 Å². The second-order valence-corrected chi connectivity index (χ2v) is 3.75. The summed E-state index contributed by atoms with van der Waals surface area (Å²) in [6, 6.07) is 9.70. The number of nitrogens with zero attached hydrogens (tertiary/aromatic N) is 1. The Morgan fingerprint density at radius 2 is 2.00 bits per heavy atom. The molecule has 0 aliphatic rings. The molecule has 0 radical (unpaired) electrons. The SMILES string of the molecule is C=C(C)c1ccc2ccc(Cl)cc2n1. The molecule has 2 heteroatoms. The minimum absolute atomic E-state index is 0.712. The van der Waals surface area contributed by atoms with Gasteiger partial charge in [-0.2, -0.15) is 0 Å². The second kappa shape index (κ2) is 3.43. The van der Waals surface area contributed by atoms with Crippen molar-refractivity contribution in [1.82, 2.24) is 4.98 Å². The predicted molar refractivity (Wildman–Crippen MR) is 61.5 cm³/mol. The first-order chi connectivity index (χ1) is 6.66. The average Bonchev–Trinajstić information content (AvgIpc) is 2.16. The summed E-state index contributed by atoms with van der Waals surface area (Å²) in [4.78, 5) is 4.45. The van der Waals surface area contributed by atoms with E-state index in [-0.39, 0.29) is 0 Å². The normalized spacial score (nSPS) is 10.4. The van der Waals surface area contributed by atoms with E-state index in [0.29, 0.717) is 5.02 Å². The van der Waals surface area contributed by atoms with Gasteiger partial charge in [0.2, 0.25) is 0 Å². The fraction of sp³-hybridized carbons (Fsp3) is 0.0833. The summed E-state index contributed by atoms with van der Waals surface area (Å²) in [7, 11) is 0. The van der Waals surface area contributed by atoms with Crippen LogP contribution in [0.15, 0.2) is 36.9 Å². The highest BCUT2D eigenvalue weighted by atomic mass is 35.5. The van der Waals surface area contributed by atoms with Gasteiger partial charge in [-0.1, -0.05) is 30.3 Å². The van der Waals surface area contributed by atoms with Crippen LogP contribution >= 0.6 is 11.6 Å². The van der Waals surface area contributed by atoms with Crippen LogP contribution < -0.4 is 0 Å². The molecule has 1 aromatic heterocycles. The lowest BCUT2D eigenvalue weighted by atomic mass is 10.1. The molecule has 0 aliphatic carbocycles. The van der Waals surface area contributed by atoms with Crippen LogP contribution in [-0.4, -0.2) is 4.98 Å². The molecule has 0 saturated carbocycles. The van der Waals surface area contributed by atoms with Crippen molar-refractivity contribution >= 4 is 28.1 Å². The van der Waals surface area contributed by atoms with Crippen molar-refractivity contribution in [1.29, 1.82) is 0 Å². The van der Waals surface area contributed by atoms with Gasteiger partial charge in [0.05, 0.1) is 11.2 Å². The van der Waals surface area contributed by atoms with Gasteiger partial charge in [0, 0.05) is 10.4 Å². The Labute approximate surface area is 88.0 Å². The molecule has 0 spiro atoms. The molecule has 14 heavy (non-hydrogen) atoms. The van der Waals surface area contributed by atoms with Gasteiger partial charge in [-0.25, -0.2) is 4.98 Å². The summed E-state index contributed by atoms with van der Waals surface area (Å²) in [5.74, 6) is 0. The first-order valence-corrected chi connectivity index (χ1v) is 4.77. The van der Waals surface area contributed by atoms with Crippen molar-refractivity contribution in [3.63, 3.8) is 0 Å². The fourth-order valence-corrected chi connectivity index (χ4v) is 1.49. The average molecular weight is 204 g/mol. The first kappa shape index (κ1) is 9.22. The number of benzene rings is 1. The van der Waals surface area contributed by atoms with E-state index in [1.165, 1.54) is 0 Å². The number of halogens is 1. The summed E-state index contributed by atoms with van der Waals surface area (Å²) in [6.45, 7) is 5.80. The van der Waals surface area contributed by atoms with Gasteiger partial charge in [0.15, 0.2) is 0 Å². The van der Waals surface area contributed by atoms with Gasteiger partial charge in [-0.15, -0.1) is 0 Å². The van der Waals surface area contributed by atoms with Crippen molar-refractivity contribution < 1.29 is 0 Å². The Hall–Kier alpha value is -1.34. The second-order valence-electron chi connectivity index (χ2n) is 3.31. The third kappa shape index (κ3) is 1.64. The Bertz CT molecular complexity index is 503. The molecule has 0 saturated heterocycles. The Kier molecular flexibility index (Phi) is 2.26. The quantitative estimate of drug-likeness (QED) is 0.685. The molecule has 2 rings (SSSR count). The van der Waals surface area contributed by atoms with Gasteiger partial charge in [-0.05, 0) is 30.7 Å². The lowest BCUT2D eigenvalue weighted by Gasteiger charge is -2.02. The third-order valence-electron chi connectivity index (χ3n) is 2.09. The van der Waals surface area contributed by atoms with Crippen LogP contribution in [0.25, 0.3) is 16.5 Å². The third-order valence-corrected chi connectivity index (χ3v) is 2.33. The van der Waals surface area contributed by atoms with E-state index in [1.54, 1.807) is 0 Å². The number of hydrogen-bond donors (Lipinski definition) is 0. The number of fused-ring (bicyclic) bond motifs is 1. The maximum Gasteiger partial charge on any atom is 0.0724 e. The predicted octanol–water partition coefficient (Wildman–Crippen LogP) is 3.92. The molecule has 0 aliphatic heterocycles. The van der Waals surface area contributed by atoms with Crippen LogP contribution in [0.2, 0.25) is 5.02 Å². The van der Waals surface area contributed by atoms with E-state index in [1.807, 2.05) is 37.3 Å². The van der Waals surface area contributed by atoms with E-state index in [9.17, 15) is 0 Å². The highest BCUT2D eigenvalue weighted by Gasteiger charge is 1.99. The van der Waals surface area contributed by atoms with Crippen molar-refractivity contribution in [2.45, 2.75) is 6.92 Å². The molecule has 0 fully saturated rings. The van der Waals surface area contributed by atoms with Gasteiger partial charge in [-0.3, -0.25) is 0 Å². The number of pyridine rings is 1. The summed E-state index contributed by atoms with van der Waals surface area (Å²) < 4.78 is 0. The van der Waals surface area contributed by atoms with Crippen LogP contribution in [0.5, 0.6) is 0 Å². The Balaban J connectivity index is 2.69. The fourth-order valence-electron chi connectivity index (χ4n) is 1.33. The zero-order chi connectivity index (χ0) is 10.1. The number of hydrogen-bond acceptors (Lipinski definition) is 1. The molecule has 0 amide bonds. The molecule has 1 heterocycles. The topological polar surface area (TPSA) is 12.9 Å². The minimum atomic E-state index is 0.712. The molecule has 0 atom stereocenters. The van der Waals surface area contributed by atoms with E-state index in [0.717, 1.165) is 22.2 Å². The van der Waals surface area contributed by atoms with E-state index in [4.69, 9.17) is 11.6 Å². The maximum absolute atomic E-state index is 5.89. The lowest BCUT2D eigenvalue weighted by Crippen LogP contribution is -1.85. The van der Waals surface area contributed by atoms with E-state index >= 15 is 0 Å². The zero-order valence-electron chi connectivity index (χ0n) is 7.92. The molecule has 2 aromatic rings. The summed E-state index contributed by atoms with van der Waals surface area (Å²) in [6.07, 6.45) is 0. The molecule has 0 bridgehead atoms. The van der Waals surface area contributed by atoms with Gasteiger partial charge in [0.25, 0.3) is 0 Å². The van der Waals surface area contributed by atoms with Gasteiger partial charge in [0.1, 0.15) is 0 Å². The molecule has 0 N–H and O–H groups in total. The van der Waals surface area contributed by atoms with E-state index < -0.39 is 0 Å². The standard InChI is InChI=1S/C12H10ClN/c1-8(2)11-6-4-9-3-5-10(13)7-12(9)14-11/h3-7H,1H2,2H3. The largest absolute Gasteiger partial charge is 0.248 e. The molecule has 70 valence electrons. The van der Waals surface area contributed by atoms with Gasteiger partial charge >= 0.3 is 0 Å². The van der Waals surface area contributed by atoms with Crippen LogP contribution in [0, 0.1) is 0 Å². The Morgan fingerprint density at radius 3 is 2.71 bits per heavy atom. The highest BCUT2D eigenvalue weighted by molar-refractivity contribution is 6.31. The van der Waals surface area contributed by atoms with Crippen molar-refractivity contribution in [3.8, 4) is 0 Å². The molecule has 1 nitrogen and oxygen atoms in total. The minimum Gasteiger partial charge on any atom is -0.248 e. The number of aromatic nitrogens is 1. The highest BCUT2D eigenvalue weighted by Crippen LogP contribution is 2.19. The summed E-state index contributed by atoms with van der Waals surface area (Å²) >= 11 is 5.89. The summed E-state index contributed by atoms with van der Waals surface area (Å²) in [5.41, 5.74) is 2.80. The first-order valence-electron chi connectivity index (χ1n) is 4.39. The smallest absolute Gasteiger partial charge is 0.0724 e. The number of allylic oxidation sites excluding steroid dienone is 1. The zero-order valence-corrected chi connectivity index (χ0v) is 8.67. The van der Waals surface area contributed by atoms with Crippen molar-refractivity contribution in [3.05, 3.63) is 47.6 Å². The van der Waals surface area contributed by atoms with Crippen LogP contribution in [0.3, 0.4) is 0 Å². The lowest BCUT2D eigenvalue weighted by molar-refractivity contribution is 1.34. The van der Waals surface area contributed by atoms with Crippen LogP contribution in [-0.2, 0) is 0 Å². The summed E-state index contributed by atoms with van der Waals surface area (Å²) in [5, 5.41) is 1.81. The Morgan fingerprint density at radius 1 is 1.29 bits per heavy atom. The van der Waals surface area contributed by atoms with Crippen molar-refractivity contribution in [2.24, 2.45) is 0 Å². The molecular formula is C12H10ClN. The van der Waals surface area contributed by atoms with Crippen LogP contribution in [0.4, 0.5) is 0 Å². The molecular weight excluding hydrogens is 194 g/mol. The number of rotatable bonds is 1.